The van der Waals surface area contributed by atoms with Crippen LogP contribution in [0.25, 0.3) is 0 Å². The monoisotopic (exact) mass is 285 g/mol. The molecule has 4 nitrogen and oxygen atoms in total. The molecule has 5 heteroatoms. The molecule has 0 fully saturated rings. The summed E-state index contributed by atoms with van der Waals surface area (Å²) < 4.78 is 19.6. The first-order valence-electron chi connectivity index (χ1n) is 6.83. The van der Waals surface area contributed by atoms with Crippen molar-refractivity contribution in [2.24, 2.45) is 4.99 Å². The first-order valence-corrected chi connectivity index (χ1v) is 6.83. The molecule has 2 aromatic rings. The van der Waals surface area contributed by atoms with Crippen LogP contribution < -0.4 is 15.8 Å². The number of amidine groups is 1. The maximum Gasteiger partial charge on any atom is 0.156 e. The first-order chi connectivity index (χ1) is 10.2. The van der Waals surface area contributed by atoms with Gasteiger partial charge < -0.3 is 15.8 Å². The van der Waals surface area contributed by atoms with E-state index in [2.05, 4.69) is 10.3 Å². The molecule has 2 aromatic carbocycles. The lowest BCUT2D eigenvalue weighted by Gasteiger charge is -2.28. The van der Waals surface area contributed by atoms with Gasteiger partial charge in [0.05, 0.1) is 5.69 Å². The summed E-state index contributed by atoms with van der Waals surface area (Å²) in [6.07, 6.45) is 0.466. The molecular weight excluding hydrogens is 269 g/mol. The van der Waals surface area contributed by atoms with Crippen LogP contribution in [-0.2, 0) is 0 Å². The van der Waals surface area contributed by atoms with Crippen molar-refractivity contribution in [3.8, 4) is 5.75 Å². The van der Waals surface area contributed by atoms with Gasteiger partial charge in [0.25, 0.3) is 0 Å². The van der Waals surface area contributed by atoms with Crippen LogP contribution in [0.5, 0.6) is 5.75 Å². The van der Waals surface area contributed by atoms with E-state index in [9.17, 15) is 4.39 Å². The molecule has 1 unspecified atom stereocenters. The summed E-state index contributed by atoms with van der Waals surface area (Å²) in [7, 11) is 0. The van der Waals surface area contributed by atoms with Crippen molar-refractivity contribution >= 4 is 22.9 Å². The van der Waals surface area contributed by atoms with Crippen LogP contribution >= 0.6 is 0 Å². The molecule has 21 heavy (non-hydrogen) atoms. The topological polar surface area (TPSA) is 59.6 Å². The zero-order valence-corrected chi connectivity index (χ0v) is 11.6. The number of anilines is 2. The number of nitrogens with zero attached hydrogens (tertiary/aromatic N) is 1. The van der Waals surface area contributed by atoms with Crippen molar-refractivity contribution in [3.63, 3.8) is 0 Å². The second-order valence-corrected chi connectivity index (χ2v) is 4.84. The Bertz CT molecular complexity index is 700. The molecule has 3 rings (SSSR count). The molecule has 1 atom stereocenters. The van der Waals surface area contributed by atoms with E-state index < -0.39 is 0 Å². The second kappa shape index (κ2) is 5.44. The molecule has 0 radical (unpaired) electrons. The van der Waals surface area contributed by atoms with Crippen molar-refractivity contribution in [2.75, 3.05) is 11.1 Å². The van der Waals surface area contributed by atoms with Gasteiger partial charge in [-0.15, -0.1) is 0 Å². The van der Waals surface area contributed by atoms with Gasteiger partial charge in [-0.1, -0.05) is 19.1 Å². The van der Waals surface area contributed by atoms with Crippen molar-refractivity contribution < 1.29 is 9.13 Å². The molecule has 0 amide bonds. The van der Waals surface area contributed by atoms with Crippen LogP contribution in [0.4, 0.5) is 21.5 Å². The normalized spacial score (nSPS) is 18.8. The molecule has 108 valence electrons. The maximum atomic E-state index is 13.7. The number of nitrogen functional groups attached to an aromatic ring is 1. The fourth-order valence-corrected chi connectivity index (χ4v) is 2.22. The van der Waals surface area contributed by atoms with E-state index in [0.717, 1.165) is 5.69 Å². The number of para-hydroxylation sites is 1. The fourth-order valence-electron chi connectivity index (χ4n) is 2.22. The van der Waals surface area contributed by atoms with Gasteiger partial charge in [-0.3, -0.25) is 0 Å². The largest absolute Gasteiger partial charge is 0.480 e. The summed E-state index contributed by atoms with van der Waals surface area (Å²) in [6.45, 7) is 1.99. The van der Waals surface area contributed by atoms with Gasteiger partial charge in [0.15, 0.2) is 6.10 Å². The summed E-state index contributed by atoms with van der Waals surface area (Å²) in [6, 6.07) is 11.8. The highest BCUT2D eigenvalue weighted by atomic mass is 19.1. The number of benzene rings is 2. The number of fused-ring (bicyclic) bond motifs is 1. The first kappa shape index (κ1) is 13.4. The quantitative estimate of drug-likeness (QED) is 0.827. The minimum atomic E-state index is -0.357. The Morgan fingerprint density at radius 2 is 2.10 bits per heavy atom. The molecule has 0 spiro atoms. The predicted octanol–water partition coefficient (Wildman–Crippen LogP) is 3.72. The summed E-state index contributed by atoms with van der Waals surface area (Å²) in [5.41, 5.74) is 7.47. The number of nitrogens with two attached hydrogens (primary N) is 1. The molecule has 0 saturated heterocycles. The Hall–Kier alpha value is -2.56. The molecular formula is C16H16FN3O. The lowest BCUT2D eigenvalue weighted by atomic mass is 10.1. The van der Waals surface area contributed by atoms with Crippen LogP contribution in [0.3, 0.4) is 0 Å². The van der Waals surface area contributed by atoms with Crippen LogP contribution in [-0.4, -0.2) is 11.9 Å². The van der Waals surface area contributed by atoms with Crippen LogP contribution in [0.2, 0.25) is 0 Å². The van der Waals surface area contributed by atoms with E-state index in [0.29, 0.717) is 29.4 Å². The van der Waals surface area contributed by atoms with Gasteiger partial charge >= 0.3 is 0 Å². The molecule has 1 aliphatic heterocycles. The lowest BCUT2D eigenvalue weighted by Crippen LogP contribution is -2.36. The van der Waals surface area contributed by atoms with Crippen LogP contribution in [0, 0.1) is 5.82 Å². The molecule has 1 heterocycles. The Balaban J connectivity index is 1.99. The maximum absolute atomic E-state index is 13.7. The molecule has 1 aliphatic rings. The van der Waals surface area contributed by atoms with Gasteiger partial charge in [-0.2, -0.15) is 0 Å². The third kappa shape index (κ3) is 2.67. The average Bonchev–Trinajstić information content (AvgIpc) is 2.49. The number of ether oxygens (including phenoxy) is 1. The second-order valence-electron chi connectivity index (χ2n) is 4.84. The van der Waals surface area contributed by atoms with E-state index in [1.165, 1.54) is 6.07 Å². The fraction of sp³-hybridized carbons (Fsp3) is 0.188. The van der Waals surface area contributed by atoms with E-state index in [1.807, 2.05) is 13.0 Å². The highest BCUT2D eigenvalue weighted by Gasteiger charge is 2.24. The van der Waals surface area contributed by atoms with Crippen LogP contribution in [0.15, 0.2) is 47.5 Å². The van der Waals surface area contributed by atoms with E-state index >= 15 is 0 Å². The summed E-state index contributed by atoms with van der Waals surface area (Å²) in [5.74, 6) is 0.930. The van der Waals surface area contributed by atoms with Gasteiger partial charge in [0.2, 0.25) is 0 Å². The minimum Gasteiger partial charge on any atom is -0.480 e. The number of hydrogen-bond donors (Lipinski definition) is 2. The summed E-state index contributed by atoms with van der Waals surface area (Å²) >= 11 is 0. The minimum absolute atomic E-state index is 0.251. The Kier molecular flexibility index (Phi) is 3.48. The van der Waals surface area contributed by atoms with Crippen LogP contribution in [0.1, 0.15) is 13.3 Å². The van der Waals surface area contributed by atoms with E-state index in [1.54, 1.807) is 30.3 Å². The van der Waals surface area contributed by atoms with Gasteiger partial charge in [-0.05, 0) is 30.7 Å². The standard InChI is InChI=1S/C16H16FN3O/c1-2-14-16(19-12-6-4-3-5-11(12)17)20-13-8-7-10(18)9-15(13)21-14/h3-9,14H,2,18H2,1H3,(H,19,20). The van der Waals surface area contributed by atoms with E-state index in [-0.39, 0.29) is 11.9 Å². The number of nitrogens with one attached hydrogen (secondary N) is 1. The Labute approximate surface area is 122 Å². The number of hydrogen-bond acceptors (Lipinski definition) is 3. The Morgan fingerprint density at radius 3 is 2.86 bits per heavy atom. The van der Waals surface area contributed by atoms with Crippen molar-refractivity contribution in [1.29, 1.82) is 0 Å². The molecule has 0 aliphatic carbocycles. The third-order valence-electron chi connectivity index (χ3n) is 3.31. The SMILES string of the molecule is CCC1Oc2cc(N)ccc2NC1=Nc1ccccc1F. The highest BCUT2D eigenvalue weighted by molar-refractivity contribution is 6.03. The average molecular weight is 285 g/mol. The predicted molar refractivity (Wildman–Crippen MR) is 82.7 cm³/mol. The lowest BCUT2D eigenvalue weighted by molar-refractivity contribution is 0.259. The molecule has 0 bridgehead atoms. The third-order valence-corrected chi connectivity index (χ3v) is 3.31. The highest BCUT2D eigenvalue weighted by Crippen LogP contribution is 2.33. The van der Waals surface area contributed by atoms with Crippen molar-refractivity contribution in [1.82, 2.24) is 0 Å². The molecule has 0 saturated carbocycles. The number of rotatable bonds is 2. The zero-order valence-electron chi connectivity index (χ0n) is 11.6. The van der Waals surface area contributed by atoms with Crippen molar-refractivity contribution in [2.45, 2.75) is 19.4 Å². The Morgan fingerprint density at radius 1 is 1.29 bits per heavy atom. The summed E-state index contributed by atoms with van der Waals surface area (Å²) in [5, 5.41) is 3.20. The van der Waals surface area contributed by atoms with Gasteiger partial charge in [0.1, 0.15) is 23.1 Å². The molecule has 0 aromatic heterocycles. The van der Waals surface area contributed by atoms with Gasteiger partial charge in [0, 0.05) is 11.8 Å². The summed E-state index contributed by atoms with van der Waals surface area (Å²) in [4.78, 5) is 4.37. The number of halogens is 1. The number of aliphatic imine (C=N–C) groups is 1. The van der Waals surface area contributed by atoms with E-state index in [4.69, 9.17) is 10.5 Å². The zero-order chi connectivity index (χ0) is 14.8. The smallest absolute Gasteiger partial charge is 0.156 e. The van der Waals surface area contributed by atoms with Crippen molar-refractivity contribution in [3.05, 3.63) is 48.3 Å². The molecule has 3 N–H and O–H groups in total. The van der Waals surface area contributed by atoms with Gasteiger partial charge in [-0.25, -0.2) is 9.38 Å².